The van der Waals surface area contributed by atoms with Crippen LogP contribution in [-0.4, -0.2) is 23.4 Å². The summed E-state index contributed by atoms with van der Waals surface area (Å²) < 4.78 is 38.6. The molecule has 2 heterocycles. The van der Waals surface area contributed by atoms with Crippen LogP contribution >= 0.6 is 23.1 Å². The first-order chi connectivity index (χ1) is 9.32. The Morgan fingerprint density at radius 2 is 2.25 bits per heavy atom. The van der Waals surface area contributed by atoms with Crippen LogP contribution in [0.2, 0.25) is 0 Å². The summed E-state index contributed by atoms with van der Waals surface area (Å²) in [6.07, 6.45) is -3.24. The van der Waals surface area contributed by atoms with E-state index in [4.69, 9.17) is 5.26 Å². The number of rotatable bonds is 2. The summed E-state index contributed by atoms with van der Waals surface area (Å²) in [6.45, 7) is 0. The first kappa shape index (κ1) is 14.9. The summed E-state index contributed by atoms with van der Waals surface area (Å²) in [4.78, 5) is 3.49. The normalized spacial score (nSPS) is 23.1. The van der Waals surface area contributed by atoms with Gasteiger partial charge in [-0.3, -0.25) is 0 Å². The maximum atomic E-state index is 12.9. The van der Waals surface area contributed by atoms with Gasteiger partial charge in [0.2, 0.25) is 11.6 Å². The van der Waals surface area contributed by atoms with Crippen molar-refractivity contribution in [2.75, 3.05) is 6.26 Å². The largest absolute Gasteiger partial charge is 0.449 e. The van der Waals surface area contributed by atoms with Gasteiger partial charge in [-0.15, -0.1) is 23.1 Å². The lowest BCUT2D eigenvalue weighted by atomic mass is 10.0. The van der Waals surface area contributed by atoms with Gasteiger partial charge in [-0.1, -0.05) is 6.07 Å². The summed E-state index contributed by atoms with van der Waals surface area (Å²) >= 11 is 1.93. The molecule has 106 valence electrons. The maximum absolute atomic E-state index is 12.9. The van der Waals surface area contributed by atoms with Crippen molar-refractivity contribution in [3.63, 3.8) is 0 Å². The number of halogens is 3. The third-order valence-electron chi connectivity index (χ3n) is 2.53. The Labute approximate surface area is 120 Å². The molecule has 2 N–H and O–H groups in total. The van der Waals surface area contributed by atoms with Gasteiger partial charge in [-0.25, -0.2) is 4.99 Å². The molecular formula is C11H8F3N3OS2. The lowest BCUT2D eigenvalue weighted by Gasteiger charge is -2.30. The number of hydrogen-bond donors (Lipinski definition) is 2. The molecule has 0 aliphatic carbocycles. The summed E-state index contributed by atoms with van der Waals surface area (Å²) in [6, 6.07) is 4.73. The van der Waals surface area contributed by atoms with E-state index in [1.807, 2.05) is 0 Å². The minimum absolute atomic E-state index is 0.0641. The average Bonchev–Trinajstić information content (AvgIpc) is 2.91. The molecule has 1 aliphatic rings. The van der Waals surface area contributed by atoms with E-state index in [2.05, 4.69) is 10.3 Å². The molecule has 9 heteroatoms. The molecule has 1 aliphatic heterocycles. The second-order valence-corrected chi connectivity index (χ2v) is 5.52. The zero-order valence-corrected chi connectivity index (χ0v) is 11.7. The fraction of sp³-hybridized carbons (Fsp3) is 0.273. The fourth-order valence-corrected chi connectivity index (χ4v) is 3.01. The molecule has 1 aromatic heterocycles. The van der Waals surface area contributed by atoms with Crippen LogP contribution in [0, 0.1) is 11.3 Å². The second-order valence-electron chi connectivity index (χ2n) is 3.75. The number of thioether (sulfide) groups is 1. The second kappa shape index (κ2) is 5.12. The Kier molecular flexibility index (Phi) is 3.82. The van der Waals surface area contributed by atoms with Crippen LogP contribution in [0.3, 0.4) is 0 Å². The Morgan fingerprint density at radius 1 is 1.55 bits per heavy atom. The van der Waals surface area contributed by atoms with E-state index >= 15 is 0 Å². The van der Waals surface area contributed by atoms with Gasteiger partial charge < -0.3 is 10.4 Å². The van der Waals surface area contributed by atoms with Crippen molar-refractivity contribution < 1.29 is 18.3 Å². The maximum Gasteiger partial charge on any atom is 0.449 e. The quantitative estimate of drug-likeness (QED) is 0.879. The molecule has 0 saturated carbocycles. The van der Waals surface area contributed by atoms with E-state index < -0.39 is 17.7 Å². The Morgan fingerprint density at radius 3 is 2.70 bits per heavy atom. The van der Waals surface area contributed by atoms with E-state index in [-0.39, 0.29) is 15.5 Å². The van der Waals surface area contributed by atoms with Crippen molar-refractivity contribution in [2.24, 2.45) is 4.99 Å². The first-order valence-corrected chi connectivity index (χ1v) is 7.32. The molecule has 0 radical (unpaired) electrons. The van der Waals surface area contributed by atoms with Gasteiger partial charge in [-0.05, 0) is 17.7 Å². The summed E-state index contributed by atoms with van der Waals surface area (Å²) in [5.74, 6) is -1.32. The number of amidine groups is 1. The molecule has 0 aromatic carbocycles. The highest BCUT2D eigenvalue weighted by Crippen LogP contribution is 2.40. The van der Waals surface area contributed by atoms with E-state index in [1.54, 1.807) is 17.5 Å². The number of nitrogens with zero attached hydrogens (tertiary/aromatic N) is 2. The zero-order chi connectivity index (χ0) is 15.0. The number of aliphatic hydroxyl groups is 1. The van der Waals surface area contributed by atoms with Gasteiger partial charge in [0.25, 0.3) is 0 Å². The van der Waals surface area contributed by atoms with E-state index in [9.17, 15) is 18.3 Å². The van der Waals surface area contributed by atoms with Crippen molar-refractivity contribution in [1.29, 1.82) is 5.26 Å². The molecule has 0 saturated heterocycles. The molecule has 0 spiro atoms. The van der Waals surface area contributed by atoms with Gasteiger partial charge in [-0.2, -0.15) is 18.4 Å². The third kappa shape index (κ3) is 2.42. The number of nitriles is 1. The van der Waals surface area contributed by atoms with Crippen LogP contribution in [0.1, 0.15) is 4.88 Å². The summed E-state index contributed by atoms with van der Waals surface area (Å²) in [7, 11) is 0. The van der Waals surface area contributed by atoms with Crippen LogP contribution in [0.15, 0.2) is 33.1 Å². The van der Waals surface area contributed by atoms with Gasteiger partial charge in [0.15, 0.2) is 0 Å². The molecule has 0 fully saturated rings. The Balaban J connectivity index is 2.65. The summed E-state index contributed by atoms with van der Waals surface area (Å²) in [5.41, 5.74) is -2.56. The minimum Gasteiger partial charge on any atom is -0.361 e. The van der Waals surface area contributed by atoms with Gasteiger partial charge in [0.05, 0.1) is 9.91 Å². The van der Waals surface area contributed by atoms with E-state index in [0.717, 1.165) is 23.1 Å². The highest BCUT2D eigenvalue weighted by Gasteiger charge is 2.47. The average molecular weight is 319 g/mol. The van der Waals surface area contributed by atoms with Crippen molar-refractivity contribution in [2.45, 2.75) is 11.9 Å². The number of aliphatic imine (C=N–C) groups is 1. The first-order valence-electron chi connectivity index (χ1n) is 5.22. The highest BCUT2D eigenvalue weighted by atomic mass is 32.2. The lowest BCUT2D eigenvalue weighted by Crippen LogP contribution is -2.44. The topological polar surface area (TPSA) is 68.4 Å². The van der Waals surface area contributed by atoms with Crippen LogP contribution in [-0.2, 0) is 5.72 Å². The molecule has 20 heavy (non-hydrogen) atoms. The fourth-order valence-electron chi connectivity index (χ4n) is 1.65. The minimum atomic E-state index is -4.74. The van der Waals surface area contributed by atoms with Gasteiger partial charge in [0.1, 0.15) is 11.6 Å². The van der Waals surface area contributed by atoms with Crippen LogP contribution in [0.5, 0.6) is 0 Å². The number of thiophene rings is 1. The van der Waals surface area contributed by atoms with E-state index in [1.165, 1.54) is 12.3 Å². The SMILES string of the molecule is CSC1=C(C#N)[C@@](O)(c2cccs2)N=C(C(F)(F)F)N1. The van der Waals surface area contributed by atoms with Crippen LogP contribution < -0.4 is 5.32 Å². The molecule has 0 unspecified atom stereocenters. The standard InChI is InChI=1S/C11H8F3N3OS2/c1-19-8-6(5-15)10(18,7-3-2-4-20-7)17-9(16-8)11(12,13)14/h2-4,18H,1H3,(H,16,17)/t10-/m1/s1. The number of alkyl halides is 3. The van der Waals surface area contributed by atoms with E-state index in [0.29, 0.717) is 0 Å². The van der Waals surface area contributed by atoms with Crippen LogP contribution in [0.4, 0.5) is 13.2 Å². The molecule has 2 rings (SSSR count). The van der Waals surface area contributed by atoms with Gasteiger partial charge in [0, 0.05) is 0 Å². The predicted octanol–water partition coefficient (Wildman–Crippen LogP) is 2.56. The molecule has 1 aromatic rings. The third-order valence-corrected chi connectivity index (χ3v) is 4.21. The molecule has 0 amide bonds. The smallest absolute Gasteiger partial charge is 0.361 e. The Hall–Kier alpha value is -1.50. The summed E-state index contributed by atoms with van der Waals surface area (Å²) in [5, 5.41) is 23.2. The van der Waals surface area contributed by atoms with Crippen molar-refractivity contribution in [3.05, 3.63) is 33.0 Å². The zero-order valence-electron chi connectivity index (χ0n) is 10.0. The molecule has 4 nitrogen and oxygen atoms in total. The monoisotopic (exact) mass is 319 g/mol. The number of nitrogens with one attached hydrogen (secondary N) is 1. The van der Waals surface area contributed by atoms with Crippen LogP contribution in [0.25, 0.3) is 0 Å². The van der Waals surface area contributed by atoms with Crippen molar-refractivity contribution in [3.8, 4) is 6.07 Å². The van der Waals surface area contributed by atoms with Crippen molar-refractivity contribution in [1.82, 2.24) is 5.32 Å². The molecular weight excluding hydrogens is 311 g/mol. The van der Waals surface area contributed by atoms with Gasteiger partial charge >= 0.3 is 6.18 Å². The molecule has 0 bridgehead atoms. The predicted molar refractivity (Wildman–Crippen MR) is 71.0 cm³/mol. The Bertz CT molecular complexity index is 616. The molecule has 1 atom stereocenters. The van der Waals surface area contributed by atoms with Crippen molar-refractivity contribution >= 4 is 28.9 Å². The highest BCUT2D eigenvalue weighted by molar-refractivity contribution is 8.02. The number of hydrogen-bond acceptors (Lipinski definition) is 6. The lowest BCUT2D eigenvalue weighted by molar-refractivity contribution is -0.0643.